The maximum Gasteiger partial charge on any atom is 0.191 e. The number of fused-ring (bicyclic) bond motifs is 1. The normalized spacial score (nSPS) is 11.1. The van der Waals surface area contributed by atoms with Crippen LogP contribution in [0.15, 0.2) is 66.0 Å². The molecule has 0 amide bonds. The smallest absolute Gasteiger partial charge is 0.191 e. The van der Waals surface area contributed by atoms with Crippen LogP contribution in [0.1, 0.15) is 6.92 Å². The predicted molar refractivity (Wildman–Crippen MR) is 106 cm³/mol. The Bertz CT molecular complexity index is 993. The Hall–Kier alpha value is -2.73. The first-order valence-electron chi connectivity index (χ1n) is 8.67. The van der Waals surface area contributed by atoms with Gasteiger partial charge in [0, 0.05) is 35.0 Å². The fourth-order valence-electron chi connectivity index (χ4n) is 2.95. The monoisotopic (exact) mass is 364 g/mol. The second kappa shape index (κ2) is 7.66. The van der Waals surface area contributed by atoms with Crippen molar-refractivity contribution in [1.82, 2.24) is 19.7 Å². The van der Waals surface area contributed by atoms with Gasteiger partial charge in [-0.25, -0.2) is 0 Å². The minimum atomic E-state index is 0.633. The number of ether oxygens (including phenoxy) is 1. The van der Waals surface area contributed by atoms with E-state index in [9.17, 15) is 0 Å². The average Bonchev–Trinajstić information content (AvgIpc) is 3.29. The van der Waals surface area contributed by atoms with Crippen molar-refractivity contribution >= 4 is 22.7 Å². The van der Waals surface area contributed by atoms with Gasteiger partial charge >= 0.3 is 0 Å². The summed E-state index contributed by atoms with van der Waals surface area (Å²) >= 11 is 1.67. The van der Waals surface area contributed by atoms with Gasteiger partial charge in [-0.2, -0.15) is 0 Å². The van der Waals surface area contributed by atoms with Crippen LogP contribution in [0, 0.1) is 0 Å². The predicted octanol–water partition coefficient (Wildman–Crippen LogP) is 4.62. The lowest BCUT2D eigenvalue weighted by Gasteiger charge is -2.08. The van der Waals surface area contributed by atoms with Crippen molar-refractivity contribution in [3.8, 4) is 17.1 Å². The molecule has 0 radical (unpaired) electrons. The van der Waals surface area contributed by atoms with Crippen molar-refractivity contribution in [3.63, 3.8) is 0 Å². The number of aromatic nitrogens is 4. The first kappa shape index (κ1) is 16.7. The number of benzene rings is 2. The number of hydrogen-bond acceptors (Lipinski definition) is 4. The second-order valence-electron chi connectivity index (χ2n) is 5.81. The van der Waals surface area contributed by atoms with Crippen molar-refractivity contribution < 1.29 is 4.74 Å². The zero-order chi connectivity index (χ0) is 17.8. The van der Waals surface area contributed by atoms with Crippen LogP contribution in [0.2, 0.25) is 0 Å². The van der Waals surface area contributed by atoms with Gasteiger partial charge in [0.25, 0.3) is 0 Å². The molecule has 0 aliphatic carbocycles. The van der Waals surface area contributed by atoms with Crippen molar-refractivity contribution in [1.29, 1.82) is 0 Å². The van der Waals surface area contributed by atoms with Crippen LogP contribution in [-0.2, 0) is 6.54 Å². The molecule has 5 nitrogen and oxygen atoms in total. The number of thioether (sulfide) groups is 1. The fraction of sp³-hybridized carbons (Fsp3) is 0.200. The molecular formula is C20H20N4OS. The Balaban J connectivity index is 1.48. The van der Waals surface area contributed by atoms with Crippen LogP contribution < -0.4 is 4.74 Å². The molecule has 4 rings (SSSR count). The number of nitrogens with one attached hydrogen (secondary N) is 1. The summed E-state index contributed by atoms with van der Waals surface area (Å²) in [5.41, 5.74) is 2.20. The lowest BCUT2D eigenvalue weighted by Crippen LogP contribution is -2.03. The molecule has 4 aromatic rings. The Morgan fingerprint density at radius 1 is 1.04 bits per heavy atom. The molecule has 0 saturated heterocycles. The van der Waals surface area contributed by atoms with E-state index in [4.69, 9.17) is 4.74 Å². The molecule has 26 heavy (non-hydrogen) atoms. The molecule has 0 spiro atoms. The number of para-hydroxylation sites is 2. The molecule has 2 heterocycles. The highest BCUT2D eigenvalue weighted by Crippen LogP contribution is 2.29. The Morgan fingerprint density at radius 2 is 1.85 bits per heavy atom. The highest BCUT2D eigenvalue weighted by atomic mass is 32.2. The van der Waals surface area contributed by atoms with Gasteiger partial charge in [0.15, 0.2) is 11.0 Å². The van der Waals surface area contributed by atoms with E-state index in [1.165, 1.54) is 5.39 Å². The third-order valence-corrected chi connectivity index (χ3v) is 5.12. The molecule has 0 atom stereocenters. The number of nitrogens with zero attached hydrogens (tertiary/aromatic N) is 3. The van der Waals surface area contributed by atoms with Gasteiger partial charge in [-0.1, -0.05) is 48.2 Å². The fourth-order valence-corrected chi connectivity index (χ4v) is 3.76. The standard InChI is InChI=1S/C20H20N4OS/c1-2-24-19(17-14-21-18-11-7-6-10-16(17)18)22-23-20(24)26-13-12-25-15-8-4-3-5-9-15/h3-11,14,21H,2,12-13H2,1H3. The lowest BCUT2D eigenvalue weighted by molar-refractivity contribution is 0.344. The van der Waals surface area contributed by atoms with Gasteiger partial charge in [-0.05, 0) is 25.1 Å². The van der Waals surface area contributed by atoms with Gasteiger partial charge in [0.05, 0.1) is 6.61 Å². The van der Waals surface area contributed by atoms with Crippen molar-refractivity contribution in [2.24, 2.45) is 0 Å². The molecular weight excluding hydrogens is 344 g/mol. The minimum Gasteiger partial charge on any atom is -0.493 e. The van der Waals surface area contributed by atoms with Gasteiger partial charge in [0.1, 0.15) is 5.75 Å². The molecule has 0 aliphatic heterocycles. The van der Waals surface area contributed by atoms with E-state index in [2.05, 4.69) is 38.8 Å². The summed E-state index contributed by atoms with van der Waals surface area (Å²) in [5, 5.41) is 10.9. The minimum absolute atomic E-state index is 0.633. The van der Waals surface area contributed by atoms with Gasteiger partial charge in [-0.15, -0.1) is 10.2 Å². The van der Waals surface area contributed by atoms with Gasteiger partial charge < -0.3 is 14.3 Å². The largest absolute Gasteiger partial charge is 0.493 e. The van der Waals surface area contributed by atoms with Crippen LogP contribution in [-0.4, -0.2) is 32.1 Å². The molecule has 0 bridgehead atoms. The quantitative estimate of drug-likeness (QED) is 0.384. The van der Waals surface area contributed by atoms with Gasteiger partial charge in [0.2, 0.25) is 0 Å². The lowest BCUT2D eigenvalue weighted by atomic mass is 10.1. The molecule has 6 heteroatoms. The van der Waals surface area contributed by atoms with Crippen molar-refractivity contribution in [3.05, 3.63) is 60.8 Å². The summed E-state index contributed by atoms with van der Waals surface area (Å²) in [6, 6.07) is 18.1. The van der Waals surface area contributed by atoms with Crippen LogP contribution in [0.25, 0.3) is 22.3 Å². The second-order valence-corrected chi connectivity index (χ2v) is 6.87. The molecule has 2 aromatic carbocycles. The number of H-pyrrole nitrogens is 1. The molecule has 0 aliphatic rings. The van der Waals surface area contributed by atoms with E-state index in [1.54, 1.807) is 11.8 Å². The summed E-state index contributed by atoms with van der Waals surface area (Å²) in [6.45, 7) is 3.57. The van der Waals surface area contributed by atoms with Crippen LogP contribution in [0.4, 0.5) is 0 Å². The number of aromatic amines is 1. The summed E-state index contributed by atoms with van der Waals surface area (Å²) in [6.07, 6.45) is 2.01. The van der Waals surface area contributed by atoms with E-state index in [0.717, 1.165) is 40.1 Å². The highest BCUT2D eigenvalue weighted by Gasteiger charge is 2.16. The summed E-state index contributed by atoms with van der Waals surface area (Å²) in [7, 11) is 0. The van der Waals surface area contributed by atoms with Crippen LogP contribution in [0.5, 0.6) is 5.75 Å². The molecule has 1 N–H and O–H groups in total. The molecule has 2 aromatic heterocycles. The number of rotatable bonds is 7. The van der Waals surface area contributed by atoms with E-state index < -0.39 is 0 Å². The topological polar surface area (TPSA) is 55.7 Å². The molecule has 0 fully saturated rings. The molecule has 0 unspecified atom stereocenters. The van der Waals surface area contributed by atoms with Crippen LogP contribution in [0.3, 0.4) is 0 Å². The Kier molecular flexibility index (Phi) is 4.93. The maximum atomic E-state index is 5.75. The average molecular weight is 364 g/mol. The zero-order valence-electron chi connectivity index (χ0n) is 14.6. The third kappa shape index (κ3) is 3.32. The zero-order valence-corrected chi connectivity index (χ0v) is 15.4. The SMILES string of the molecule is CCn1c(SCCOc2ccccc2)nnc1-c1c[nH]c2ccccc12. The van der Waals surface area contributed by atoms with Crippen LogP contribution >= 0.6 is 11.8 Å². The van der Waals surface area contributed by atoms with E-state index in [0.29, 0.717) is 6.61 Å². The van der Waals surface area contributed by atoms with E-state index in [-0.39, 0.29) is 0 Å². The number of hydrogen-bond donors (Lipinski definition) is 1. The van der Waals surface area contributed by atoms with E-state index >= 15 is 0 Å². The summed E-state index contributed by atoms with van der Waals surface area (Å²) < 4.78 is 7.91. The first-order chi connectivity index (χ1) is 12.9. The van der Waals surface area contributed by atoms with E-state index in [1.807, 2.05) is 48.7 Å². The summed E-state index contributed by atoms with van der Waals surface area (Å²) in [4.78, 5) is 3.31. The van der Waals surface area contributed by atoms with Gasteiger partial charge in [-0.3, -0.25) is 0 Å². The highest BCUT2D eigenvalue weighted by molar-refractivity contribution is 7.99. The Labute approximate surface area is 156 Å². The Morgan fingerprint density at radius 3 is 2.69 bits per heavy atom. The first-order valence-corrected chi connectivity index (χ1v) is 9.65. The van der Waals surface area contributed by atoms with Crippen molar-refractivity contribution in [2.75, 3.05) is 12.4 Å². The molecule has 0 saturated carbocycles. The maximum absolute atomic E-state index is 5.75. The summed E-state index contributed by atoms with van der Waals surface area (Å²) in [5.74, 6) is 2.61. The van der Waals surface area contributed by atoms with Crippen molar-refractivity contribution in [2.45, 2.75) is 18.6 Å². The third-order valence-electron chi connectivity index (χ3n) is 4.19. The molecule has 132 valence electrons.